The number of hydrogen-bond acceptors (Lipinski definition) is 2. The molecule has 2 fully saturated rings. The molecule has 2 nitrogen and oxygen atoms in total. The smallest absolute Gasteiger partial charge is 0.0598 e. The Kier molecular flexibility index (Phi) is 7.36. The molecule has 3 aliphatic rings. The zero-order valence-corrected chi connectivity index (χ0v) is 19.6. The number of rotatable bonds is 10. The summed E-state index contributed by atoms with van der Waals surface area (Å²) in [5.41, 5.74) is 6.60. The summed E-state index contributed by atoms with van der Waals surface area (Å²) >= 11 is 0. The Hall–Kier alpha value is -1.12. The van der Waals surface area contributed by atoms with Crippen LogP contribution >= 0.6 is 0 Å². The van der Waals surface area contributed by atoms with Gasteiger partial charge in [-0.15, -0.1) is 0 Å². The molecule has 0 saturated heterocycles. The van der Waals surface area contributed by atoms with E-state index in [1.807, 2.05) is 0 Å². The minimum absolute atomic E-state index is 0.0258. The normalized spacial score (nSPS) is 25.6. The van der Waals surface area contributed by atoms with Crippen molar-refractivity contribution in [1.29, 1.82) is 0 Å². The van der Waals surface area contributed by atoms with Gasteiger partial charge in [-0.3, -0.25) is 0 Å². The summed E-state index contributed by atoms with van der Waals surface area (Å²) in [7, 11) is 0. The third-order valence-corrected chi connectivity index (χ3v) is 7.92. The van der Waals surface area contributed by atoms with E-state index in [9.17, 15) is 0 Å². The largest absolute Gasteiger partial charge is 0.380 e. The van der Waals surface area contributed by atoms with Gasteiger partial charge in [-0.05, 0) is 93.0 Å². The van der Waals surface area contributed by atoms with Crippen LogP contribution in [0.5, 0.6) is 0 Å². The quantitative estimate of drug-likeness (QED) is 0.450. The molecule has 1 N–H and O–H groups in total. The second-order valence-electron chi connectivity index (χ2n) is 10.2. The molecule has 2 heteroatoms. The molecule has 0 radical (unpaired) electrons. The van der Waals surface area contributed by atoms with Crippen LogP contribution in [-0.4, -0.2) is 25.8 Å². The van der Waals surface area contributed by atoms with Gasteiger partial charge in [0.25, 0.3) is 0 Å². The van der Waals surface area contributed by atoms with Crippen LogP contribution in [-0.2, 0) is 10.2 Å². The molecule has 0 spiro atoms. The van der Waals surface area contributed by atoms with Crippen LogP contribution in [0.4, 0.5) is 0 Å². The van der Waals surface area contributed by atoms with Gasteiger partial charge in [0.15, 0.2) is 0 Å². The van der Waals surface area contributed by atoms with E-state index in [0.717, 1.165) is 38.0 Å². The van der Waals surface area contributed by atoms with Crippen LogP contribution in [0.25, 0.3) is 5.57 Å². The van der Waals surface area contributed by atoms with Crippen molar-refractivity contribution in [2.75, 3.05) is 19.8 Å². The standard InChI is InChI=1S/C28H43NO/c1-4-17-29-21(3)18-28(20-30-5-2)19-25(23-13-8-9-14-23)27-24(15-10-16-26(27)28)22-11-6-7-12-22/h10,15-16,19,21-23,29H,4-9,11-14,17-18,20H2,1-3H3. The molecule has 0 aromatic heterocycles. The van der Waals surface area contributed by atoms with Gasteiger partial charge in [-0.1, -0.05) is 56.9 Å². The molecule has 2 unspecified atom stereocenters. The maximum Gasteiger partial charge on any atom is 0.0598 e. The van der Waals surface area contributed by atoms with Crippen molar-refractivity contribution in [3.63, 3.8) is 0 Å². The fraction of sp³-hybridized carbons (Fsp3) is 0.714. The molecule has 1 aromatic carbocycles. The molecule has 0 bridgehead atoms. The third-order valence-electron chi connectivity index (χ3n) is 7.92. The fourth-order valence-electron chi connectivity index (χ4n) is 6.53. The van der Waals surface area contributed by atoms with Crippen molar-refractivity contribution in [2.24, 2.45) is 5.92 Å². The first-order chi connectivity index (χ1) is 14.7. The monoisotopic (exact) mass is 409 g/mol. The fourth-order valence-corrected chi connectivity index (χ4v) is 6.53. The maximum absolute atomic E-state index is 6.19. The van der Waals surface area contributed by atoms with Gasteiger partial charge in [-0.25, -0.2) is 0 Å². The summed E-state index contributed by atoms with van der Waals surface area (Å²) in [5.74, 6) is 1.52. The molecule has 2 atom stereocenters. The van der Waals surface area contributed by atoms with Crippen molar-refractivity contribution in [3.05, 3.63) is 41.0 Å². The van der Waals surface area contributed by atoms with E-state index >= 15 is 0 Å². The van der Waals surface area contributed by atoms with E-state index < -0.39 is 0 Å². The minimum Gasteiger partial charge on any atom is -0.380 e. The lowest BCUT2D eigenvalue weighted by molar-refractivity contribution is 0.103. The molecule has 4 rings (SSSR count). The first-order valence-electron chi connectivity index (χ1n) is 12.9. The maximum atomic E-state index is 6.19. The molecule has 0 amide bonds. The van der Waals surface area contributed by atoms with Gasteiger partial charge < -0.3 is 10.1 Å². The average Bonchev–Trinajstić information content (AvgIpc) is 3.51. The Morgan fingerprint density at radius 2 is 1.73 bits per heavy atom. The molecule has 0 aliphatic heterocycles. The molecule has 30 heavy (non-hydrogen) atoms. The van der Waals surface area contributed by atoms with Gasteiger partial charge in [0, 0.05) is 18.1 Å². The second kappa shape index (κ2) is 10.0. The van der Waals surface area contributed by atoms with E-state index in [4.69, 9.17) is 4.74 Å². The molecule has 2 saturated carbocycles. The zero-order valence-electron chi connectivity index (χ0n) is 19.6. The third kappa shape index (κ3) is 4.41. The molecule has 1 aromatic rings. The van der Waals surface area contributed by atoms with Crippen LogP contribution in [0.3, 0.4) is 0 Å². The van der Waals surface area contributed by atoms with Crippen LogP contribution < -0.4 is 5.32 Å². The minimum atomic E-state index is 0.0258. The van der Waals surface area contributed by atoms with Crippen molar-refractivity contribution in [3.8, 4) is 0 Å². The van der Waals surface area contributed by atoms with Gasteiger partial charge in [0.1, 0.15) is 0 Å². The number of allylic oxidation sites excluding steroid dienone is 1. The Labute approximate surface area is 184 Å². The number of nitrogens with one attached hydrogen (secondary N) is 1. The van der Waals surface area contributed by atoms with Gasteiger partial charge >= 0.3 is 0 Å². The predicted molar refractivity (Wildman–Crippen MR) is 128 cm³/mol. The average molecular weight is 410 g/mol. The summed E-state index contributed by atoms with van der Waals surface area (Å²) in [6.07, 6.45) is 16.1. The Morgan fingerprint density at radius 1 is 1.03 bits per heavy atom. The van der Waals surface area contributed by atoms with Crippen LogP contribution in [0.2, 0.25) is 0 Å². The summed E-state index contributed by atoms with van der Waals surface area (Å²) in [5, 5.41) is 3.76. The number of hydrogen-bond donors (Lipinski definition) is 1. The topological polar surface area (TPSA) is 21.3 Å². The first kappa shape index (κ1) is 22.1. The first-order valence-corrected chi connectivity index (χ1v) is 12.9. The molecule has 166 valence electrons. The lowest BCUT2D eigenvalue weighted by atomic mass is 9.76. The molecular formula is C28H43NO. The van der Waals surface area contributed by atoms with E-state index in [1.54, 1.807) is 22.3 Å². The van der Waals surface area contributed by atoms with E-state index in [-0.39, 0.29) is 5.41 Å². The van der Waals surface area contributed by atoms with Crippen LogP contribution in [0.1, 0.15) is 108 Å². The van der Waals surface area contributed by atoms with E-state index in [1.165, 1.54) is 57.8 Å². The summed E-state index contributed by atoms with van der Waals surface area (Å²) < 4.78 is 6.19. The molecular weight excluding hydrogens is 366 g/mol. The number of ether oxygens (including phenoxy) is 1. The second-order valence-corrected chi connectivity index (χ2v) is 10.2. The van der Waals surface area contributed by atoms with Crippen molar-refractivity contribution >= 4 is 5.57 Å². The Balaban J connectivity index is 1.77. The zero-order chi connectivity index (χ0) is 21.0. The number of benzene rings is 1. The SMILES string of the molecule is CCCNC(C)CC1(COCC)C=C(C2CCCC2)c2c(C3CCCC3)cccc21. The Morgan fingerprint density at radius 3 is 2.40 bits per heavy atom. The van der Waals surface area contributed by atoms with Crippen molar-refractivity contribution in [2.45, 2.75) is 102 Å². The van der Waals surface area contributed by atoms with Gasteiger partial charge in [0.05, 0.1) is 6.61 Å². The molecule has 0 heterocycles. The molecule has 3 aliphatic carbocycles. The summed E-state index contributed by atoms with van der Waals surface area (Å²) in [4.78, 5) is 0. The van der Waals surface area contributed by atoms with E-state index in [2.05, 4.69) is 50.4 Å². The highest BCUT2D eigenvalue weighted by molar-refractivity contribution is 5.81. The highest BCUT2D eigenvalue weighted by Crippen LogP contribution is 2.53. The van der Waals surface area contributed by atoms with Crippen LogP contribution in [0.15, 0.2) is 24.3 Å². The van der Waals surface area contributed by atoms with Crippen molar-refractivity contribution in [1.82, 2.24) is 5.32 Å². The van der Waals surface area contributed by atoms with Crippen LogP contribution in [0, 0.1) is 5.92 Å². The van der Waals surface area contributed by atoms with E-state index in [0.29, 0.717) is 6.04 Å². The Bertz CT molecular complexity index is 726. The lowest BCUT2D eigenvalue weighted by Gasteiger charge is -2.33. The highest BCUT2D eigenvalue weighted by atomic mass is 16.5. The van der Waals surface area contributed by atoms with Gasteiger partial charge in [0.2, 0.25) is 0 Å². The van der Waals surface area contributed by atoms with Gasteiger partial charge in [-0.2, -0.15) is 0 Å². The summed E-state index contributed by atoms with van der Waals surface area (Å²) in [6, 6.07) is 7.75. The number of fused-ring (bicyclic) bond motifs is 1. The predicted octanol–water partition coefficient (Wildman–Crippen LogP) is 6.98. The lowest BCUT2D eigenvalue weighted by Crippen LogP contribution is -2.38. The van der Waals surface area contributed by atoms with Crippen molar-refractivity contribution < 1.29 is 4.74 Å². The highest BCUT2D eigenvalue weighted by Gasteiger charge is 2.43. The summed E-state index contributed by atoms with van der Waals surface area (Å²) in [6.45, 7) is 9.47.